The van der Waals surface area contributed by atoms with E-state index in [4.69, 9.17) is 16.3 Å². The summed E-state index contributed by atoms with van der Waals surface area (Å²) < 4.78 is 5.61. The van der Waals surface area contributed by atoms with Crippen LogP contribution in [0.25, 0.3) is 0 Å². The Morgan fingerprint density at radius 2 is 1.64 bits per heavy atom. The minimum absolute atomic E-state index is 0.291. The number of aliphatic hydroxyl groups is 1. The Kier molecular flexibility index (Phi) is 6.64. The van der Waals surface area contributed by atoms with Crippen molar-refractivity contribution in [2.45, 2.75) is 12.6 Å². The van der Waals surface area contributed by atoms with Crippen molar-refractivity contribution >= 4 is 11.6 Å². The number of pyridine rings is 1. The number of ether oxygens (including phenoxy) is 1. The minimum Gasteiger partial charge on any atom is -0.491 e. The lowest BCUT2D eigenvalue weighted by Gasteiger charge is -2.35. The molecule has 1 aromatic carbocycles. The number of aliphatic hydroxyl groups excluding tert-OH is 1. The summed E-state index contributed by atoms with van der Waals surface area (Å²) in [5.74, 6) is 0.727. The van der Waals surface area contributed by atoms with E-state index in [1.165, 1.54) is 5.56 Å². The first kappa shape index (κ1) is 18.1. The molecule has 134 valence electrons. The topological polar surface area (TPSA) is 48.8 Å². The Bertz CT molecular complexity index is 631. The van der Waals surface area contributed by atoms with Crippen LogP contribution in [-0.2, 0) is 6.54 Å². The van der Waals surface area contributed by atoms with Gasteiger partial charge in [0.15, 0.2) is 0 Å². The lowest BCUT2D eigenvalue weighted by molar-refractivity contribution is 0.0446. The lowest BCUT2D eigenvalue weighted by atomic mass is 10.2. The number of hydrogen-bond acceptors (Lipinski definition) is 5. The van der Waals surface area contributed by atoms with Crippen LogP contribution in [0.4, 0.5) is 0 Å². The normalized spacial score (nSPS) is 17.4. The highest BCUT2D eigenvalue weighted by Crippen LogP contribution is 2.16. The molecule has 2 heterocycles. The van der Waals surface area contributed by atoms with E-state index in [2.05, 4.69) is 26.9 Å². The number of benzene rings is 1. The van der Waals surface area contributed by atoms with Crippen molar-refractivity contribution in [3.05, 3.63) is 59.4 Å². The van der Waals surface area contributed by atoms with Gasteiger partial charge < -0.3 is 9.84 Å². The minimum atomic E-state index is -0.498. The fraction of sp³-hybridized carbons (Fsp3) is 0.421. The SMILES string of the molecule is OC(COc1ccc(Cl)cc1)CN1CCN(Cc2ccncc2)CC1. The lowest BCUT2D eigenvalue weighted by Crippen LogP contribution is -2.48. The Morgan fingerprint density at radius 3 is 2.32 bits per heavy atom. The third kappa shape index (κ3) is 5.97. The number of hydrogen-bond donors (Lipinski definition) is 1. The van der Waals surface area contributed by atoms with Crippen molar-refractivity contribution in [2.24, 2.45) is 0 Å². The average molecular weight is 362 g/mol. The smallest absolute Gasteiger partial charge is 0.119 e. The Balaban J connectivity index is 1.36. The molecule has 0 radical (unpaired) electrons. The number of aromatic nitrogens is 1. The third-order valence-electron chi connectivity index (χ3n) is 4.35. The van der Waals surface area contributed by atoms with Gasteiger partial charge in [0.05, 0.1) is 0 Å². The zero-order chi connectivity index (χ0) is 17.5. The van der Waals surface area contributed by atoms with E-state index in [0.717, 1.165) is 38.5 Å². The van der Waals surface area contributed by atoms with E-state index in [9.17, 15) is 5.11 Å². The molecule has 0 spiro atoms. The van der Waals surface area contributed by atoms with Gasteiger partial charge in [-0.3, -0.25) is 14.8 Å². The van der Waals surface area contributed by atoms with Crippen LogP contribution in [0.1, 0.15) is 5.56 Å². The van der Waals surface area contributed by atoms with Crippen molar-refractivity contribution in [3.63, 3.8) is 0 Å². The van der Waals surface area contributed by atoms with Crippen LogP contribution in [0.15, 0.2) is 48.8 Å². The summed E-state index contributed by atoms with van der Waals surface area (Å²) in [7, 11) is 0. The summed E-state index contributed by atoms with van der Waals surface area (Å²) >= 11 is 5.85. The van der Waals surface area contributed by atoms with Gasteiger partial charge in [-0.25, -0.2) is 0 Å². The first-order valence-corrected chi connectivity index (χ1v) is 8.97. The molecule has 1 aliphatic heterocycles. The van der Waals surface area contributed by atoms with Gasteiger partial charge in [-0.05, 0) is 42.0 Å². The highest BCUT2D eigenvalue weighted by Gasteiger charge is 2.19. The second-order valence-electron chi connectivity index (χ2n) is 6.35. The summed E-state index contributed by atoms with van der Waals surface area (Å²) in [6.45, 7) is 5.82. The van der Waals surface area contributed by atoms with E-state index < -0.39 is 6.10 Å². The van der Waals surface area contributed by atoms with Gasteiger partial charge in [-0.1, -0.05) is 11.6 Å². The molecule has 0 aliphatic carbocycles. The molecule has 5 nitrogen and oxygen atoms in total. The highest BCUT2D eigenvalue weighted by atomic mass is 35.5. The van der Waals surface area contributed by atoms with E-state index in [0.29, 0.717) is 18.2 Å². The molecule has 1 unspecified atom stereocenters. The average Bonchev–Trinajstić information content (AvgIpc) is 2.64. The van der Waals surface area contributed by atoms with Gasteiger partial charge in [0, 0.05) is 56.7 Å². The Labute approximate surface area is 153 Å². The van der Waals surface area contributed by atoms with E-state index in [-0.39, 0.29) is 0 Å². The maximum Gasteiger partial charge on any atom is 0.119 e. The first-order chi connectivity index (χ1) is 12.2. The predicted octanol–water partition coefficient (Wildman–Crippen LogP) is 2.29. The largest absolute Gasteiger partial charge is 0.491 e. The van der Waals surface area contributed by atoms with Gasteiger partial charge >= 0.3 is 0 Å². The van der Waals surface area contributed by atoms with Gasteiger partial charge in [0.1, 0.15) is 18.5 Å². The zero-order valence-corrected chi connectivity index (χ0v) is 15.0. The Morgan fingerprint density at radius 1 is 1.00 bits per heavy atom. The zero-order valence-electron chi connectivity index (χ0n) is 14.2. The van der Waals surface area contributed by atoms with Crippen LogP contribution >= 0.6 is 11.6 Å². The van der Waals surface area contributed by atoms with Crippen molar-refractivity contribution in [3.8, 4) is 5.75 Å². The number of rotatable bonds is 7. The molecule has 1 atom stereocenters. The molecular weight excluding hydrogens is 338 g/mol. The molecule has 2 aromatic rings. The maximum atomic E-state index is 10.2. The predicted molar refractivity (Wildman–Crippen MR) is 98.9 cm³/mol. The van der Waals surface area contributed by atoms with Gasteiger partial charge in [-0.15, -0.1) is 0 Å². The van der Waals surface area contributed by atoms with Gasteiger partial charge in [0.2, 0.25) is 0 Å². The fourth-order valence-corrected chi connectivity index (χ4v) is 3.08. The summed E-state index contributed by atoms with van der Waals surface area (Å²) in [5, 5.41) is 10.9. The summed E-state index contributed by atoms with van der Waals surface area (Å²) in [6, 6.07) is 11.3. The monoisotopic (exact) mass is 361 g/mol. The number of halogens is 1. The third-order valence-corrected chi connectivity index (χ3v) is 4.60. The maximum absolute atomic E-state index is 10.2. The molecule has 0 amide bonds. The van der Waals surface area contributed by atoms with E-state index in [1.54, 1.807) is 12.1 Å². The first-order valence-electron chi connectivity index (χ1n) is 8.59. The molecular formula is C19H24ClN3O2. The molecule has 1 aromatic heterocycles. The van der Waals surface area contributed by atoms with Gasteiger partial charge in [-0.2, -0.15) is 0 Å². The van der Waals surface area contributed by atoms with Crippen molar-refractivity contribution in [1.82, 2.24) is 14.8 Å². The summed E-state index contributed by atoms with van der Waals surface area (Å²) in [5.41, 5.74) is 1.29. The molecule has 3 rings (SSSR count). The molecule has 6 heteroatoms. The molecule has 1 saturated heterocycles. The molecule has 1 fully saturated rings. The van der Waals surface area contributed by atoms with Crippen LogP contribution in [0.3, 0.4) is 0 Å². The highest BCUT2D eigenvalue weighted by molar-refractivity contribution is 6.30. The van der Waals surface area contributed by atoms with Crippen molar-refractivity contribution in [1.29, 1.82) is 0 Å². The van der Waals surface area contributed by atoms with Crippen molar-refractivity contribution in [2.75, 3.05) is 39.3 Å². The van der Waals surface area contributed by atoms with Crippen LogP contribution in [0.2, 0.25) is 5.02 Å². The summed E-state index contributed by atoms with van der Waals surface area (Å²) in [4.78, 5) is 8.78. The number of nitrogens with zero attached hydrogens (tertiary/aromatic N) is 3. The summed E-state index contributed by atoms with van der Waals surface area (Å²) in [6.07, 6.45) is 3.17. The van der Waals surface area contributed by atoms with Crippen molar-refractivity contribution < 1.29 is 9.84 Å². The van der Waals surface area contributed by atoms with Crippen LogP contribution in [0, 0.1) is 0 Å². The number of piperazine rings is 1. The molecule has 1 N–H and O–H groups in total. The van der Waals surface area contributed by atoms with Crippen LogP contribution < -0.4 is 4.74 Å². The Hall–Kier alpha value is -1.66. The quantitative estimate of drug-likeness (QED) is 0.820. The molecule has 1 aliphatic rings. The molecule has 0 saturated carbocycles. The molecule has 0 bridgehead atoms. The van der Waals surface area contributed by atoms with Crippen LogP contribution in [-0.4, -0.2) is 65.3 Å². The standard InChI is InChI=1S/C19H24ClN3O2/c20-17-1-3-19(4-2-17)25-15-18(24)14-23-11-9-22(10-12-23)13-16-5-7-21-8-6-16/h1-8,18,24H,9-15H2. The van der Waals surface area contributed by atoms with Gasteiger partial charge in [0.25, 0.3) is 0 Å². The second kappa shape index (κ2) is 9.15. The van der Waals surface area contributed by atoms with E-state index >= 15 is 0 Å². The van der Waals surface area contributed by atoms with E-state index in [1.807, 2.05) is 24.5 Å². The fourth-order valence-electron chi connectivity index (χ4n) is 2.95. The number of β-amino-alcohol motifs (C(OH)–C–C–N with tert-alkyl or cyclic N) is 1. The van der Waals surface area contributed by atoms with Crippen LogP contribution in [0.5, 0.6) is 5.75 Å². The second-order valence-corrected chi connectivity index (χ2v) is 6.79. The molecule has 25 heavy (non-hydrogen) atoms.